The Hall–Kier alpha value is -10.6. The summed E-state index contributed by atoms with van der Waals surface area (Å²) in [6.45, 7) is 4.96. The molecule has 1 aliphatic carbocycles. The number of aromatic nitrogens is 3. The van der Waals surface area contributed by atoms with Crippen molar-refractivity contribution in [2.24, 2.45) is 0 Å². The third-order valence-corrected chi connectivity index (χ3v) is 18.4. The Bertz CT molecular complexity index is 5550. The Kier molecular flexibility index (Phi) is 9.26. The molecule has 82 heavy (non-hydrogen) atoms. The van der Waals surface area contributed by atoms with Crippen molar-refractivity contribution < 1.29 is 0 Å². The lowest BCUT2D eigenvalue weighted by Crippen LogP contribution is -2.17. The summed E-state index contributed by atoms with van der Waals surface area (Å²) in [5.41, 5.74) is 13.8. The van der Waals surface area contributed by atoms with Gasteiger partial charge in [-0.15, -0.1) is 0 Å². The molecule has 3 heterocycles. The van der Waals surface area contributed by atoms with Crippen molar-refractivity contribution in [1.29, 1.82) is 0 Å². The van der Waals surface area contributed by atoms with Crippen LogP contribution in [-0.2, 0) is 5.41 Å². The third kappa shape index (κ3) is 6.07. The van der Waals surface area contributed by atoms with E-state index < -0.39 is 5.41 Å². The first-order valence-electron chi connectivity index (χ1n) is 28.5. The van der Waals surface area contributed by atoms with Crippen LogP contribution >= 0.6 is 0 Å². The summed E-state index contributed by atoms with van der Waals surface area (Å²) in [4.78, 5) is 7.94. The van der Waals surface area contributed by atoms with Gasteiger partial charge in [0.25, 0.3) is 0 Å². The zero-order valence-corrected chi connectivity index (χ0v) is 45.2. The first kappa shape index (κ1) is 45.3. The second-order valence-electron chi connectivity index (χ2n) is 22.9. The zero-order chi connectivity index (χ0) is 53.9. The summed E-state index contributed by atoms with van der Waals surface area (Å²) in [5.74, 6) is 0.924. The van der Waals surface area contributed by atoms with Crippen molar-refractivity contribution in [2.75, 3.05) is 4.90 Å². The maximum Gasteiger partial charge on any atom is 0.145 e. The highest BCUT2D eigenvalue weighted by Gasteiger charge is 2.42. The van der Waals surface area contributed by atoms with Crippen molar-refractivity contribution in [3.63, 3.8) is 0 Å². The highest BCUT2D eigenvalue weighted by Crippen LogP contribution is 2.60. The Balaban J connectivity index is 0.978. The Morgan fingerprint density at radius 3 is 1.57 bits per heavy atom. The number of nitrogens with zero attached hydrogens (tertiary/aromatic N) is 4. The van der Waals surface area contributed by atoms with Crippen LogP contribution in [0.1, 0.15) is 25.0 Å². The van der Waals surface area contributed by atoms with Crippen LogP contribution in [0.2, 0.25) is 0 Å². The molecule has 0 radical (unpaired) electrons. The van der Waals surface area contributed by atoms with Crippen molar-refractivity contribution >= 4 is 136 Å². The van der Waals surface area contributed by atoms with Gasteiger partial charge in [0.15, 0.2) is 0 Å². The molecule has 0 unspecified atom stereocenters. The van der Waals surface area contributed by atoms with Crippen molar-refractivity contribution in [3.05, 3.63) is 278 Å². The largest absolute Gasteiger partial charge is 0.310 e. The number of hydrogen-bond donors (Lipinski definition) is 0. The van der Waals surface area contributed by atoms with E-state index in [4.69, 9.17) is 4.98 Å². The van der Waals surface area contributed by atoms with Crippen LogP contribution in [-0.4, -0.2) is 14.1 Å². The van der Waals surface area contributed by atoms with E-state index in [-0.39, 0.29) is 0 Å². The number of anilines is 3. The standard InChI is InChI=1S/C78H50N4/c1-78(2)74-65(40-39-64-57-29-8-7-27-55(57)56-28-10-12-33-61(56)71(64)74)72-62-34-13-14-35-63(62)73-66-46-51(38-41-69(66)82(76(73)75(72)78)77-53-25-6-3-20-47(53)42-43-79-77)80(70-44-48-21-4-5-24-52(48)54-26-9-11-30-58(54)70)49-22-19-23-50(45-49)81-67-36-17-15-31-59(67)60-32-16-18-37-68(60)81/h3-46H,1-2H3. The summed E-state index contributed by atoms with van der Waals surface area (Å²) in [6.07, 6.45) is 1.99. The lowest BCUT2D eigenvalue weighted by Gasteiger charge is -2.28. The van der Waals surface area contributed by atoms with Crippen LogP contribution < -0.4 is 4.90 Å². The van der Waals surface area contributed by atoms with E-state index in [1.165, 1.54) is 125 Å². The normalized spacial score (nSPS) is 13.1. The lowest BCUT2D eigenvalue weighted by molar-refractivity contribution is 0.670. The zero-order valence-electron chi connectivity index (χ0n) is 45.2. The molecule has 0 N–H and O–H groups in total. The number of fused-ring (bicyclic) bond motifs is 24. The molecule has 18 rings (SSSR count). The fraction of sp³-hybridized carbons (Fsp3) is 0.0385. The smallest absolute Gasteiger partial charge is 0.145 e. The van der Waals surface area contributed by atoms with E-state index in [0.717, 1.165) is 44.9 Å². The minimum atomic E-state index is -0.458. The molecule has 0 aliphatic heterocycles. The fourth-order valence-corrected chi connectivity index (χ4v) is 15.1. The van der Waals surface area contributed by atoms with Gasteiger partial charge in [-0.3, -0.25) is 4.57 Å². The van der Waals surface area contributed by atoms with E-state index in [2.05, 4.69) is 289 Å². The summed E-state index contributed by atoms with van der Waals surface area (Å²) in [5, 5.41) is 22.2. The van der Waals surface area contributed by atoms with Gasteiger partial charge in [0.2, 0.25) is 0 Å². The molecule has 0 spiro atoms. The number of hydrogen-bond acceptors (Lipinski definition) is 2. The van der Waals surface area contributed by atoms with Crippen LogP contribution in [0.15, 0.2) is 267 Å². The molecular formula is C78H50N4. The molecule has 0 fully saturated rings. The first-order chi connectivity index (χ1) is 40.5. The molecule has 17 aromatic rings. The SMILES string of the molecule is CC1(C)c2c(ccc3c4ccccc4c4ccccc4c23)-c2c1c1c(c3ccccc23)c2cc(N(c3cccc(-n4c5ccccc5c5ccccc54)c3)c3cc4ccccc4c4ccccc34)ccc2n1-c1nccc2ccccc12. The molecule has 0 saturated heterocycles. The van der Waals surface area contributed by atoms with Gasteiger partial charge in [0.1, 0.15) is 5.82 Å². The van der Waals surface area contributed by atoms with Gasteiger partial charge in [-0.1, -0.05) is 214 Å². The Morgan fingerprint density at radius 1 is 0.341 bits per heavy atom. The molecule has 1 aliphatic rings. The molecule has 0 bridgehead atoms. The van der Waals surface area contributed by atoms with Crippen LogP contribution in [0.5, 0.6) is 0 Å². The second-order valence-corrected chi connectivity index (χ2v) is 22.9. The molecule has 4 heteroatoms. The summed E-state index contributed by atoms with van der Waals surface area (Å²) >= 11 is 0. The van der Waals surface area contributed by atoms with E-state index in [9.17, 15) is 0 Å². The summed E-state index contributed by atoms with van der Waals surface area (Å²) < 4.78 is 4.96. The van der Waals surface area contributed by atoms with Crippen LogP contribution in [0.25, 0.3) is 142 Å². The minimum absolute atomic E-state index is 0.458. The maximum absolute atomic E-state index is 5.42. The van der Waals surface area contributed by atoms with Crippen molar-refractivity contribution in [3.8, 4) is 22.6 Å². The predicted molar refractivity (Wildman–Crippen MR) is 348 cm³/mol. The highest BCUT2D eigenvalue weighted by atomic mass is 15.2. The molecule has 0 atom stereocenters. The van der Waals surface area contributed by atoms with E-state index >= 15 is 0 Å². The number of rotatable bonds is 5. The first-order valence-corrected chi connectivity index (χ1v) is 28.5. The van der Waals surface area contributed by atoms with Crippen molar-refractivity contribution in [2.45, 2.75) is 19.3 Å². The summed E-state index contributed by atoms with van der Waals surface area (Å²) in [6, 6.07) is 97.1. The molecule has 4 nitrogen and oxygen atoms in total. The highest BCUT2D eigenvalue weighted by molar-refractivity contribution is 6.31. The number of pyridine rings is 1. The van der Waals surface area contributed by atoms with Gasteiger partial charge in [0.05, 0.1) is 27.8 Å². The van der Waals surface area contributed by atoms with Crippen molar-refractivity contribution in [1.82, 2.24) is 14.1 Å². The van der Waals surface area contributed by atoms with Gasteiger partial charge in [0, 0.05) is 61.0 Å². The average Bonchev–Trinajstić information content (AvgIpc) is 1.67. The minimum Gasteiger partial charge on any atom is -0.310 e. The van der Waals surface area contributed by atoms with Gasteiger partial charge < -0.3 is 9.47 Å². The lowest BCUT2D eigenvalue weighted by atomic mass is 9.77. The Morgan fingerprint density at radius 2 is 0.866 bits per heavy atom. The Labute approximate surface area is 472 Å². The monoisotopic (exact) mass is 1040 g/mol. The van der Waals surface area contributed by atoms with Gasteiger partial charge >= 0.3 is 0 Å². The summed E-state index contributed by atoms with van der Waals surface area (Å²) in [7, 11) is 0. The van der Waals surface area contributed by atoms with E-state index in [0.29, 0.717) is 0 Å². The number of para-hydroxylation sites is 2. The molecular weight excluding hydrogens is 993 g/mol. The predicted octanol–water partition coefficient (Wildman–Crippen LogP) is 21.1. The average molecular weight is 1040 g/mol. The van der Waals surface area contributed by atoms with Crippen LogP contribution in [0, 0.1) is 0 Å². The molecule has 382 valence electrons. The quantitative estimate of drug-likeness (QED) is 0.161. The number of benzene rings is 14. The van der Waals surface area contributed by atoms with Gasteiger partial charge in [-0.05, 0) is 148 Å². The third-order valence-electron chi connectivity index (χ3n) is 18.4. The molecule has 14 aromatic carbocycles. The second kappa shape index (κ2) is 16.7. The van der Waals surface area contributed by atoms with E-state index in [1.54, 1.807) is 0 Å². The molecule has 3 aromatic heterocycles. The van der Waals surface area contributed by atoms with Gasteiger partial charge in [-0.2, -0.15) is 0 Å². The topological polar surface area (TPSA) is 26.0 Å². The molecule has 0 saturated carbocycles. The molecule has 0 amide bonds. The fourth-order valence-electron chi connectivity index (χ4n) is 15.1. The van der Waals surface area contributed by atoms with Crippen LogP contribution in [0.4, 0.5) is 17.1 Å². The maximum atomic E-state index is 5.42. The van der Waals surface area contributed by atoms with Crippen LogP contribution in [0.3, 0.4) is 0 Å². The van der Waals surface area contributed by atoms with Gasteiger partial charge in [-0.25, -0.2) is 4.98 Å². The van der Waals surface area contributed by atoms with E-state index in [1.807, 2.05) is 6.20 Å².